The van der Waals surface area contributed by atoms with E-state index in [1.807, 2.05) is 6.07 Å². The Morgan fingerprint density at radius 3 is 3.12 bits per heavy atom. The molecule has 1 saturated heterocycles. The van der Waals surface area contributed by atoms with Crippen LogP contribution in [-0.2, 0) is 4.74 Å². The lowest BCUT2D eigenvalue weighted by Crippen LogP contribution is -2.32. The van der Waals surface area contributed by atoms with Gasteiger partial charge < -0.3 is 15.8 Å². The lowest BCUT2D eigenvalue weighted by atomic mass is 10.0. The van der Waals surface area contributed by atoms with E-state index in [1.165, 1.54) is 0 Å². The SMILES string of the molecule is CC1(CNc2ncc(N)cc2Br)CCCO1. The minimum Gasteiger partial charge on any atom is -0.397 e. The van der Waals surface area contributed by atoms with Crippen LogP contribution in [-0.4, -0.2) is 23.7 Å². The molecule has 0 spiro atoms. The molecule has 0 aromatic carbocycles. The van der Waals surface area contributed by atoms with E-state index in [2.05, 4.69) is 33.2 Å². The summed E-state index contributed by atoms with van der Waals surface area (Å²) in [5, 5.41) is 3.28. The third-order valence-electron chi connectivity index (χ3n) is 2.79. The first-order valence-electron chi connectivity index (χ1n) is 5.38. The van der Waals surface area contributed by atoms with Gasteiger partial charge >= 0.3 is 0 Å². The van der Waals surface area contributed by atoms with Crippen molar-refractivity contribution in [3.63, 3.8) is 0 Å². The normalized spacial score (nSPS) is 24.6. The molecule has 1 unspecified atom stereocenters. The predicted molar refractivity (Wildman–Crippen MR) is 68.4 cm³/mol. The van der Waals surface area contributed by atoms with Crippen LogP contribution in [0.3, 0.4) is 0 Å². The standard InChI is InChI=1S/C11H16BrN3O/c1-11(3-2-4-16-11)7-15-10-9(12)5-8(13)6-14-10/h5-6H,2-4,7,13H2,1H3,(H,14,15). The number of aromatic nitrogens is 1. The largest absolute Gasteiger partial charge is 0.397 e. The average molecular weight is 286 g/mol. The number of nitrogens with one attached hydrogen (secondary N) is 1. The van der Waals surface area contributed by atoms with Crippen molar-refractivity contribution in [1.29, 1.82) is 0 Å². The molecular weight excluding hydrogens is 270 g/mol. The van der Waals surface area contributed by atoms with Gasteiger partial charge in [-0.2, -0.15) is 0 Å². The van der Waals surface area contributed by atoms with Crippen LogP contribution >= 0.6 is 15.9 Å². The van der Waals surface area contributed by atoms with E-state index in [4.69, 9.17) is 10.5 Å². The zero-order valence-electron chi connectivity index (χ0n) is 9.29. The van der Waals surface area contributed by atoms with Crippen LogP contribution in [0.4, 0.5) is 11.5 Å². The van der Waals surface area contributed by atoms with Crippen molar-refractivity contribution in [3.8, 4) is 0 Å². The number of rotatable bonds is 3. The van der Waals surface area contributed by atoms with E-state index in [0.29, 0.717) is 5.69 Å². The number of halogens is 1. The molecule has 0 amide bonds. The van der Waals surface area contributed by atoms with E-state index < -0.39 is 0 Å². The molecule has 1 atom stereocenters. The van der Waals surface area contributed by atoms with Crippen molar-refractivity contribution >= 4 is 27.4 Å². The van der Waals surface area contributed by atoms with Gasteiger partial charge in [0.1, 0.15) is 5.82 Å². The van der Waals surface area contributed by atoms with Gasteiger partial charge in [0.2, 0.25) is 0 Å². The fraction of sp³-hybridized carbons (Fsp3) is 0.545. The van der Waals surface area contributed by atoms with Crippen LogP contribution in [0.25, 0.3) is 0 Å². The van der Waals surface area contributed by atoms with Crippen molar-refractivity contribution in [2.75, 3.05) is 24.2 Å². The first kappa shape index (κ1) is 11.7. The van der Waals surface area contributed by atoms with Crippen molar-refractivity contribution < 1.29 is 4.74 Å². The maximum Gasteiger partial charge on any atom is 0.140 e. The molecule has 0 saturated carbocycles. The van der Waals surface area contributed by atoms with Crippen LogP contribution in [0, 0.1) is 0 Å². The second-order valence-corrected chi connectivity index (χ2v) is 5.21. The summed E-state index contributed by atoms with van der Waals surface area (Å²) in [4.78, 5) is 4.23. The summed E-state index contributed by atoms with van der Waals surface area (Å²) >= 11 is 3.43. The topological polar surface area (TPSA) is 60.2 Å². The molecule has 16 heavy (non-hydrogen) atoms. The van der Waals surface area contributed by atoms with Gasteiger partial charge in [-0.05, 0) is 41.8 Å². The second kappa shape index (κ2) is 4.59. The Hall–Kier alpha value is -0.810. The molecule has 4 nitrogen and oxygen atoms in total. The number of hydrogen-bond donors (Lipinski definition) is 2. The number of nitrogens with zero attached hydrogens (tertiary/aromatic N) is 1. The van der Waals surface area contributed by atoms with Crippen LogP contribution in [0.15, 0.2) is 16.7 Å². The first-order valence-corrected chi connectivity index (χ1v) is 6.17. The zero-order valence-corrected chi connectivity index (χ0v) is 10.9. The van der Waals surface area contributed by atoms with E-state index in [-0.39, 0.29) is 5.60 Å². The van der Waals surface area contributed by atoms with Gasteiger partial charge in [-0.3, -0.25) is 0 Å². The monoisotopic (exact) mass is 285 g/mol. The number of anilines is 2. The zero-order chi connectivity index (χ0) is 11.6. The van der Waals surface area contributed by atoms with Gasteiger partial charge in [0.15, 0.2) is 0 Å². The highest BCUT2D eigenvalue weighted by atomic mass is 79.9. The molecule has 0 bridgehead atoms. The molecule has 1 aromatic heterocycles. The summed E-state index contributed by atoms with van der Waals surface area (Å²) in [5.41, 5.74) is 6.21. The predicted octanol–water partition coefficient (Wildman–Crippen LogP) is 2.41. The van der Waals surface area contributed by atoms with Gasteiger partial charge in [-0.25, -0.2) is 4.98 Å². The number of nitrogens with two attached hydrogens (primary N) is 1. The van der Waals surface area contributed by atoms with Crippen LogP contribution < -0.4 is 11.1 Å². The van der Waals surface area contributed by atoms with Gasteiger partial charge in [0, 0.05) is 13.2 Å². The number of pyridine rings is 1. The Labute approximate surface area is 104 Å². The van der Waals surface area contributed by atoms with Crippen molar-refractivity contribution in [1.82, 2.24) is 4.98 Å². The molecule has 1 fully saturated rings. The molecule has 0 aliphatic carbocycles. The molecule has 2 rings (SSSR count). The van der Waals surface area contributed by atoms with E-state index in [1.54, 1.807) is 6.20 Å². The second-order valence-electron chi connectivity index (χ2n) is 4.35. The van der Waals surface area contributed by atoms with Gasteiger partial charge in [0.05, 0.1) is 22.0 Å². The first-order chi connectivity index (χ1) is 7.59. The number of hydrogen-bond acceptors (Lipinski definition) is 4. The molecule has 5 heteroatoms. The minimum atomic E-state index is -0.0670. The Balaban J connectivity index is 1.99. The average Bonchev–Trinajstić information content (AvgIpc) is 2.64. The molecule has 1 aliphatic heterocycles. The van der Waals surface area contributed by atoms with Crippen LogP contribution in [0.5, 0.6) is 0 Å². The molecule has 1 aliphatic rings. The van der Waals surface area contributed by atoms with Crippen LogP contribution in [0.2, 0.25) is 0 Å². The summed E-state index contributed by atoms with van der Waals surface area (Å²) in [7, 11) is 0. The van der Waals surface area contributed by atoms with Crippen LogP contribution in [0.1, 0.15) is 19.8 Å². The van der Waals surface area contributed by atoms with Crippen molar-refractivity contribution in [2.45, 2.75) is 25.4 Å². The highest BCUT2D eigenvalue weighted by Gasteiger charge is 2.29. The highest BCUT2D eigenvalue weighted by molar-refractivity contribution is 9.10. The molecule has 88 valence electrons. The quantitative estimate of drug-likeness (QED) is 0.895. The van der Waals surface area contributed by atoms with Gasteiger partial charge in [-0.1, -0.05) is 0 Å². The number of nitrogen functional groups attached to an aromatic ring is 1. The summed E-state index contributed by atoms with van der Waals surface area (Å²) in [6.07, 6.45) is 3.87. The van der Waals surface area contributed by atoms with E-state index >= 15 is 0 Å². The molecule has 3 N–H and O–H groups in total. The Morgan fingerprint density at radius 1 is 1.69 bits per heavy atom. The lowest BCUT2D eigenvalue weighted by Gasteiger charge is -2.23. The highest BCUT2D eigenvalue weighted by Crippen LogP contribution is 2.27. The van der Waals surface area contributed by atoms with Gasteiger partial charge in [-0.15, -0.1) is 0 Å². The van der Waals surface area contributed by atoms with Crippen molar-refractivity contribution in [2.24, 2.45) is 0 Å². The summed E-state index contributed by atoms with van der Waals surface area (Å²) in [6, 6.07) is 1.84. The maximum atomic E-state index is 5.70. The third-order valence-corrected chi connectivity index (χ3v) is 3.40. The smallest absolute Gasteiger partial charge is 0.140 e. The van der Waals surface area contributed by atoms with Gasteiger partial charge in [0.25, 0.3) is 0 Å². The fourth-order valence-electron chi connectivity index (χ4n) is 1.83. The number of ether oxygens (including phenoxy) is 1. The summed E-state index contributed by atoms with van der Waals surface area (Å²) < 4.78 is 6.58. The minimum absolute atomic E-state index is 0.0670. The summed E-state index contributed by atoms with van der Waals surface area (Å²) in [6.45, 7) is 3.75. The lowest BCUT2D eigenvalue weighted by molar-refractivity contribution is 0.0314. The van der Waals surface area contributed by atoms with E-state index in [0.717, 1.165) is 36.3 Å². The maximum absolute atomic E-state index is 5.70. The summed E-state index contributed by atoms with van der Waals surface area (Å²) in [5.74, 6) is 0.811. The Morgan fingerprint density at radius 2 is 2.50 bits per heavy atom. The Kier molecular flexibility index (Phi) is 3.35. The van der Waals surface area contributed by atoms with E-state index in [9.17, 15) is 0 Å². The Bertz CT molecular complexity index is 377. The molecule has 2 heterocycles. The third kappa shape index (κ3) is 2.65. The van der Waals surface area contributed by atoms with Crippen molar-refractivity contribution in [3.05, 3.63) is 16.7 Å². The fourth-order valence-corrected chi connectivity index (χ4v) is 2.34. The molecular formula is C11H16BrN3O. The molecule has 1 aromatic rings. The molecule has 0 radical (unpaired) electrons.